The minimum atomic E-state index is -4.94. The molecule has 0 aromatic heterocycles. The number of carbonyl (C=O) groups excluding carboxylic acids is 1. The molecule has 1 nitrogen and oxygen atoms in total. The molecule has 0 bridgehead atoms. The van der Waals surface area contributed by atoms with Gasteiger partial charge >= 0.3 is 12.4 Å². The van der Waals surface area contributed by atoms with Crippen LogP contribution in [0.3, 0.4) is 0 Å². The van der Waals surface area contributed by atoms with Crippen LogP contribution in [0.4, 0.5) is 26.3 Å². The standard InChI is InChI=1S/C11H7BrF6O/c12-2-1-9(19)6-3-7(10(13,14)15)5-8(4-6)11(16,17)18/h3-5H,1-2H2. The predicted molar refractivity (Wildman–Crippen MR) is 59.2 cm³/mol. The fourth-order valence-corrected chi connectivity index (χ4v) is 1.71. The normalized spacial score (nSPS) is 12.6. The van der Waals surface area contributed by atoms with Gasteiger partial charge in [0.15, 0.2) is 5.78 Å². The maximum absolute atomic E-state index is 12.5. The van der Waals surface area contributed by atoms with Crippen LogP contribution in [0.25, 0.3) is 0 Å². The lowest BCUT2D eigenvalue weighted by Gasteiger charge is -2.13. The van der Waals surface area contributed by atoms with Gasteiger partial charge in [-0.1, -0.05) is 15.9 Å². The Hall–Kier alpha value is -1.05. The van der Waals surface area contributed by atoms with E-state index in [0.29, 0.717) is 12.1 Å². The molecule has 0 unspecified atom stereocenters. The number of ketones is 1. The van der Waals surface area contributed by atoms with E-state index >= 15 is 0 Å². The summed E-state index contributed by atoms with van der Waals surface area (Å²) in [5.74, 6) is -0.784. The molecule has 0 N–H and O–H groups in total. The summed E-state index contributed by atoms with van der Waals surface area (Å²) in [7, 11) is 0. The Labute approximate surface area is 112 Å². The van der Waals surface area contributed by atoms with Gasteiger partial charge < -0.3 is 0 Å². The van der Waals surface area contributed by atoms with E-state index in [-0.39, 0.29) is 17.8 Å². The zero-order valence-corrected chi connectivity index (χ0v) is 10.8. The van der Waals surface area contributed by atoms with Crippen molar-refractivity contribution in [1.29, 1.82) is 0 Å². The van der Waals surface area contributed by atoms with Crippen LogP contribution in [0.5, 0.6) is 0 Å². The summed E-state index contributed by atoms with van der Waals surface area (Å²) < 4.78 is 75.0. The third-order valence-corrected chi connectivity index (χ3v) is 2.63. The minimum absolute atomic E-state index is 0.00901. The minimum Gasteiger partial charge on any atom is -0.294 e. The summed E-state index contributed by atoms with van der Waals surface area (Å²) in [4.78, 5) is 11.4. The van der Waals surface area contributed by atoms with Crippen molar-refractivity contribution < 1.29 is 31.1 Å². The lowest BCUT2D eigenvalue weighted by molar-refractivity contribution is -0.143. The Morgan fingerprint density at radius 1 is 0.947 bits per heavy atom. The van der Waals surface area contributed by atoms with Gasteiger partial charge in [0.2, 0.25) is 0 Å². The summed E-state index contributed by atoms with van der Waals surface area (Å²) in [6, 6.07) is 0.853. The van der Waals surface area contributed by atoms with Crippen LogP contribution < -0.4 is 0 Å². The molecule has 0 spiro atoms. The van der Waals surface area contributed by atoms with Gasteiger partial charge in [-0.25, -0.2) is 0 Å². The number of hydrogen-bond donors (Lipinski definition) is 0. The number of hydrogen-bond acceptors (Lipinski definition) is 1. The van der Waals surface area contributed by atoms with Gasteiger partial charge in [-0.3, -0.25) is 4.79 Å². The topological polar surface area (TPSA) is 17.1 Å². The number of benzene rings is 1. The number of Topliss-reactive ketones (excluding diaryl/α,β-unsaturated/α-hetero) is 1. The van der Waals surface area contributed by atoms with E-state index in [4.69, 9.17) is 0 Å². The second kappa shape index (κ2) is 5.52. The first kappa shape index (κ1) is 16.0. The molecular formula is C11H7BrF6O. The van der Waals surface area contributed by atoms with Gasteiger partial charge in [0.1, 0.15) is 0 Å². The first-order chi connectivity index (χ1) is 8.55. The van der Waals surface area contributed by atoms with E-state index in [1.54, 1.807) is 0 Å². The van der Waals surface area contributed by atoms with Crippen LogP contribution in [0, 0.1) is 0 Å². The third kappa shape index (κ3) is 4.22. The smallest absolute Gasteiger partial charge is 0.294 e. The number of rotatable bonds is 3. The molecule has 0 saturated heterocycles. The first-order valence-electron chi connectivity index (χ1n) is 4.94. The highest BCUT2D eigenvalue weighted by atomic mass is 79.9. The number of carbonyl (C=O) groups is 1. The second-order valence-electron chi connectivity index (χ2n) is 3.66. The van der Waals surface area contributed by atoms with Gasteiger partial charge in [-0.05, 0) is 18.2 Å². The van der Waals surface area contributed by atoms with Gasteiger partial charge in [0.25, 0.3) is 0 Å². The highest BCUT2D eigenvalue weighted by Crippen LogP contribution is 2.36. The molecule has 0 amide bonds. The van der Waals surface area contributed by atoms with Crippen LogP contribution in [0.2, 0.25) is 0 Å². The summed E-state index contributed by atoms with van der Waals surface area (Å²) in [5, 5.41) is 0.156. The van der Waals surface area contributed by atoms with Crippen LogP contribution in [0.15, 0.2) is 18.2 Å². The maximum atomic E-state index is 12.5. The van der Waals surface area contributed by atoms with Crippen LogP contribution >= 0.6 is 15.9 Å². The van der Waals surface area contributed by atoms with Crippen molar-refractivity contribution in [2.45, 2.75) is 18.8 Å². The van der Waals surface area contributed by atoms with E-state index < -0.39 is 34.8 Å². The fourth-order valence-electron chi connectivity index (χ4n) is 1.35. The molecule has 0 aliphatic rings. The van der Waals surface area contributed by atoms with E-state index in [1.165, 1.54) is 0 Å². The molecule has 8 heteroatoms. The fraction of sp³-hybridized carbons (Fsp3) is 0.364. The molecule has 0 radical (unpaired) electrons. The Morgan fingerprint density at radius 2 is 1.37 bits per heavy atom. The highest BCUT2D eigenvalue weighted by molar-refractivity contribution is 9.09. The molecule has 106 valence electrons. The van der Waals surface area contributed by atoms with Crippen molar-refractivity contribution in [3.63, 3.8) is 0 Å². The van der Waals surface area contributed by atoms with E-state index in [2.05, 4.69) is 15.9 Å². The molecule has 0 atom stereocenters. The summed E-state index contributed by atoms with van der Waals surface area (Å²) >= 11 is 2.90. The summed E-state index contributed by atoms with van der Waals surface area (Å²) in [5.41, 5.74) is -3.57. The van der Waals surface area contributed by atoms with Crippen molar-refractivity contribution in [3.8, 4) is 0 Å². The van der Waals surface area contributed by atoms with Crippen LogP contribution in [-0.2, 0) is 12.4 Å². The first-order valence-corrected chi connectivity index (χ1v) is 6.06. The largest absolute Gasteiger partial charge is 0.416 e. The average Bonchev–Trinajstić information content (AvgIpc) is 2.26. The van der Waals surface area contributed by atoms with Crippen molar-refractivity contribution in [3.05, 3.63) is 34.9 Å². The molecule has 0 aliphatic carbocycles. The summed E-state index contributed by atoms with van der Waals surface area (Å²) in [6.07, 6.45) is -10.1. The Morgan fingerprint density at radius 3 is 1.68 bits per heavy atom. The van der Waals surface area contributed by atoms with Crippen molar-refractivity contribution >= 4 is 21.7 Å². The SMILES string of the molecule is O=C(CCBr)c1cc(C(F)(F)F)cc(C(F)(F)F)c1. The molecule has 0 aliphatic heterocycles. The molecular weight excluding hydrogens is 342 g/mol. The number of alkyl halides is 7. The maximum Gasteiger partial charge on any atom is 0.416 e. The van der Waals surface area contributed by atoms with Gasteiger partial charge in [0.05, 0.1) is 11.1 Å². The monoisotopic (exact) mass is 348 g/mol. The molecule has 0 heterocycles. The molecule has 0 saturated carbocycles. The quantitative estimate of drug-likeness (QED) is 0.440. The number of halogens is 7. The van der Waals surface area contributed by atoms with Gasteiger partial charge in [0, 0.05) is 17.3 Å². The molecule has 1 aromatic carbocycles. The van der Waals surface area contributed by atoms with Crippen molar-refractivity contribution in [2.75, 3.05) is 5.33 Å². The molecule has 1 rings (SSSR count). The predicted octanol–water partition coefficient (Wildman–Crippen LogP) is 4.69. The Bertz CT molecular complexity index is 445. The lowest BCUT2D eigenvalue weighted by atomic mass is 10.0. The Balaban J connectivity index is 3.37. The van der Waals surface area contributed by atoms with Gasteiger partial charge in [-0.15, -0.1) is 0 Å². The second-order valence-corrected chi connectivity index (χ2v) is 4.45. The van der Waals surface area contributed by atoms with Crippen molar-refractivity contribution in [2.24, 2.45) is 0 Å². The lowest BCUT2D eigenvalue weighted by Crippen LogP contribution is -2.13. The zero-order valence-electron chi connectivity index (χ0n) is 9.20. The van der Waals surface area contributed by atoms with E-state index in [1.807, 2.05) is 0 Å². The van der Waals surface area contributed by atoms with Crippen molar-refractivity contribution in [1.82, 2.24) is 0 Å². The molecule has 19 heavy (non-hydrogen) atoms. The van der Waals surface area contributed by atoms with Gasteiger partial charge in [-0.2, -0.15) is 26.3 Å². The Kier molecular flexibility index (Phi) is 4.65. The molecule has 0 fully saturated rings. The zero-order chi connectivity index (χ0) is 14.8. The summed E-state index contributed by atoms with van der Waals surface area (Å²) in [6.45, 7) is 0. The van der Waals surface area contributed by atoms with Crippen LogP contribution in [0.1, 0.15) is 27.9 Å². The average molecular weight is 349 g/mol. The third-order valence-electron chi connectivity index (χ3n) is 2.23. The van der Waals surface area contributed by atoms with Crippen LogP contribution in [-0.4, -0.2) is 11.1 Å². The van der Waals surface area contributed by atoms with E-state index in [9.17, 15) is 31.1 Å². The molecule has 1 aromatic rings. The highest BCUT2D eigenvalue weighted by Gasteiger charge is 2.37. The van der Waals surface area contributed by atoms with E-state index in [0.717, 1.165) is 0 Å².